The summed E-state index contributed by atoms with van der Waals surface area (Å²) in [4.78, 5) is 0. The van der Waals surface area contributed by atoms with Crippen molar-refractivity contribution in [1.29, 1.82) is 0 Å². The Bertz CT molecular complexity index is 3170. The van der Waals surface area contributed by atoms with E-state index in [1.54, 1.807) is 0 Å². The van der Waals surface area contributed by atoms with Gasteiger partial charge in [0.15, 0.2) is 0 Å². The number of benzene rings is 9. The molecule has 2 heterocycles. The Morgan fingerprint density at radius 2 is 0.712 bits per heavy atom. The molecule has 0 saturated carbocycles. The van der Waals surface area contributed by atoms with Gasteiger partial charge >= 0.3 is 0 Å². The Labute approximate surface area is 301 Å². The number of nitrogens with zero attached hydrogens (tertiary/aromatic N) is 2. The maximum atomic E-state index is 2.46. The standard InChI is InChI=1S/C50H32N2/c1-2-13-33(14-3-1)38-29-37-16-5-7-19-40(37)50(32-38)52-47-23-11-9-21-42(47)44-31-36(26-28-49(44)52)35-25-27-48-43(30-35)41-20-8-10-22-46(41)51(48)45-24-12-17-34-15-4-6-18-39(34)45/h1-32H. The second-order valence-electron chi connectivity index (χ2n) is 13.7. The molecule has 0 N–H and O–H groups in total. The Morgan fingerprint density at radius 3 is 1.37 bits per heavy atom. The predicted octanol–water partition coefficient (Wildman–Crippen LogP) is 13.5. The number of para-hydroxylation sites is 2. The van der Waals surface area contributed by atoms with E-state index in [1.807, 2.05) is 0 Å². The Kier molecular flexibility index (Phi) is 6.28. The molecule has 9 aromatic carbocycles. The average Bonchev–Trinajstić information content (AvgIpc) is 3.72. The van der Waals surface area contributed by atoms with Crippen LogP contribution in [0.2, 0.25) is 0 Å². The molecule has 0 aliphatic carbocycles. The topological polar surface area (TPSA) is 9.86 Å². The first-order valence-electron chi connectivity index (χ1n) is 17.9. The fraction of sp³-hybridized carbons (Fsp3) is 0. The van der Waals surface area contributed by atoms with Crippen LogP contribution in [0.25, 0.3) is 98.8 Å². The molecule has 11 rings (SSSR count). The summed E-state index contributed by atoms with van der Waals surface area (Å²) in [6.45, 7) is 0. The van der Waals surface area contributed by atoms with E-state index in [2.05, 4.69) is 203 Å². The molecule has 11 aromatic rings. The van der Waals surface area contributed by atoms with Crippen LogP contribution in [0.3, 0.4) is 0 Å². The quantitative estimate of drug-likeness (QED) is 0.178. The van der Waals surface area contributed by atoms with E-state index in [0.29, 0.717) is 0 Å². The summed E-state index contributed by atoms with van der Waals surface area (Å²) >= 11 is 0. The molecule has 2 nitrogen and oxygen atoms in total. The summed E-state index contributed by atoms with van der Waals surface area (Å²) in [6.07, 6.45) is 0. The van der Waals surface area contributed by atoms with Gasteiger partial charge in [-0.15, -0.1) is 0 Å². The molecule has 2 heteroatoms. The van der Waals surface area contributed by atoms with Crippen molar-refractivity contribution in [2.45, 2.75) is 0 Å². The van der Waals surface area contributed by atoms with Crippen LogP contribution in [0.1, 0.15) is 0 Å². The van der Waals surface area contributed by atoms with Crippen molar-refractivity contribution in [3.05, 3.63) is 194 Å². The summed E-state index contributed by atoms with van der Waals surface area (Å²) in [5.41, 5.74) is 12.1. The van der Waals surface area contributed by atoms with Crippen molar-refractivity contribution in [3.8, 4) is 33.6 Å². The SMILES string of the molecule is c1ccc(-c2cc(-n3c4ccccc4c4cc(-c5ccc6c(c5)c5ccccc5n6-c5cccc6ccccc56)ccc43)c3ccccc3c2)cc1. The normalized spacial score (nSPS) is 11.8. The molecular weight excluding hydrogens is 629 g/mol. The van der Waals surface area contributed by atoms with Crippen molar-refractivity contribution >= 4 is 65.2 Å². The van der Waals surface area contributed by atoms with Crippen LogP contribution < -0.4 is 0 Å². The Morgan fingerprint density at radius 1 is 0.231 bits per heavy atom. The van der Waals surface area contributed by atoms with Gasteiger partial charge in [-0.3, -0.25) is 0 Å². The highest BCUT2D eigenvalue weighted by Gasteiger charge is 2.18. The first-order chi connectivity index (χ1) is 25.8. The third-order valence-corrected chi connectivity index (χ3v) is 10.9. The Hall–Kier alpha value is -6.90. The Balaban J connectivity index is 1.13. The summed E-state index contributed by atoms with van der Waals surface area (Å²) in [5.74, 6) is 0. The van der Waals surface area contributed by atoms with Gasteiger partial charge in [0.05, 0.1) is 33.4 Å². The van der Waals surface area contributed by atoms with E-state index in [0.717, 1.165) is 0 Å². The lowest BCUT2D eigenvalue weighted by Gasteiger charge is -2.15. The molecule has 52 heavy (non-hydrogen) atoms. The van der Waals surface area contributed by atoms with Gasteiger partial charge in [0, 0.05) is 32.3 Å². The number of fused-ring (bicyclic) bond motifs is 8. The lowest BCUT2D eigenvalue weighted by molar-refractivity contribution is 1.20. The zero-order valence-electron chi connectivity index (χ0n) is 28.4. The van der Waals surface area contributed by atoms with E-state index < -0.39 is 0 Å². The lowest BCUT2D eigenvalue weighted by atomic mass is 9.99. The van der Waals surface area contributed by atoms with Gasteiger partial charge in [-0.2, -0.15) is 0 Å². The van der Waals surface area contributed by atoms with E-state index in [4.69, 9.17) is 0 Å². The van der Waals surface area contributed by atoms with Gasteiger partial charge in [0.25, 0.3) is 0 Å². The van der Waals surface area contributed by atoms with Crippen LogP contribution in [-0.4, -0.2) is 9.13 Å². The number of hydrogen-bond acceptors (Lipinski definition) is 0. The van der Waals surface area contributed by atoms with Gasteiger partial charge in [-0.1, -0.05) is 140 Å². The molecule has 0 aliphatic rings. The fourth-order valence-corrected chi connectivity index (χ4v) is 8.50. The minimum absolute atomic E-state index is 1.19. The third-order valence-electron chi connectivity index (χ3n) is 10.9. The molecule has 0 aliphatic heterocycles. The van der Waals surface area contributed by atoms with Crippen molar-refractivity contribution < 1.29 is 0 Å². The maximum Gasteiger partial charge on any atom is 0.0546 e. The van der Waals surface area contributed by atoms with E-state index in [9.17, 15) is 0 Å². The zero-order chi connectivity index (χ0) is 34.2. The molecule has 0 saturated heterocycles. The monoisotopic (exact) mass is 660 g/mol. The van der Waals surface area contributed by atoms with Gasteiger partial charge in [-0.25, -0.2) is 0 Å². The molecule has 0 unspecified atom stereocenters. The molecule has 0 amide bonds. The number of hydrogen-bond donors (Lipinski definition) is 0. The van der Waals surface area contributed by atoms with Gasteiger partial charge < -0.3 is 9.13 Å². The minimum Gasteiger partial charge on any atom is -0.309 e. The molecule has 0 bridgehead atoms. The summed E-state index contributed by atoms with van der Waals surface area (Å²) in [7, 11) is 0. The molecule has 0 radical (unpaired) electrons. The van der Waals surface area contributed by atoms with Gasteiger partial charge in [0.1, 0.15) is 0 Å². The van der Waals surface area contributed by atoms with Crippen molar-refractivity contribution in [2.75, 3.05) is 0 Å². The maximum absolute atomic E-state index is 2.46. The highest BCUT2D eigenvalue weighted by molar-refractivity contribution is 6.14. The molecule has 242 valence electrons. The predicted molar refractivity (Wildman–Crippen MR) is 221 cm³/mol. The van der Waals surface area contributed by atoms with Crippen LogP contribution in [0.4, 0.5) is 0 Å². The van der Waals surface area contributed by atoms with Gasteiger partial charge in [0.2, 0.25) is 0 Å². The van der Waals surface area contributed by atoms with Crippen LogP contribution >= 0.6 is 0 Å². The van der Waals surface area contributed by atoms with Crippen molar-refractivity contribution in [1.82, 2.24) is 9.13 Å². The molecule has 0 spiro atoms. The minimum atomic E-state index is 1.19. The van der Waals surface area contributed by atoms with Crippen LogP contribution in [0.5, 0.6) is 0 Å². The molecule has 0 atom stereocenters. The second kappa shape index (κ2) is 11.3. The number of rotatable bonds is 4. The average molecular weight is 661 g/mol. The largest absolute Gasteiger partial charge is 0.309 e. The van der Waals surface area contributed by atoms with E-state index in [1.165, 1.54) is 98.8 Å². The number of aromatic nitrogens is 2. The van der Waals surface area contributed by atoms with Crippen molar-refractivity contribution in [3.63, 3.8) is 0 Å². The first kappa shape index (κ1) is 28.9. The smallest absolute Gasteiger partial charge is 0.0546 e. The molecule has 0 fully saturated rings. The highest BCUT2D eigenvalue weighted by Crippen LogP contribution is 2.41. The summed E-state index contributed by atoms with van der Waals surface area (Å²) < 4.78 is 4.89. The lowest BCUT2D eigenvalue weighted by Crippen LogP contribution is -1.96. The molecule has 2 aromatic heterocycles. The third kappa shape index (κ3) is 4.31. The summed E-state index contributed by atoms with van der Waals surface area (Å²) in [6, 6.07) is 71.0. The van der Waals surface area contributed by atoms with E-state index >= 15 is 0 Å². The highest BCUT2D eigenvalue weighted by atomic mass is 15.0. The van der Waals surface area contributed by atoms with E-state index in [-0.39, 0.29) is 0 Å². The zero-order valence-corrected chi connectivity index (χ0v) is 28.4. The van der Waals surface area contributed by atoms with Crippen molar-refractivity contribution in [2.24, 2.45) is 0 Å². The first-order valence-corrected chi connectivity index (χ1v) is 17.9. The van der Waals surface area contributed by atoms with Gasteiger partial charge in [-0.05, 0) is 87.6 Å². The second-order valence-corrected chi connectivity index (χ2v) is 13.7. The fourth-order valence-electron chi connectivity index (χ4n) is 8.50. The van der Waals surface area contributed by atoms with Crippen LogP contribution in [0, 0.1) is 0 Å². The van der Waals surface area contributed by atoms with Crippen LogP contribution in [0.15, 0.2) is 194 Å². The molecular formula is C50H32N2. The summed E-state index contributed by atoms with van der Waals surface area (Å²) in [5, 5.41) is 9.99. The van der Waals surface area contributed by atoms with Crippen LogP contribution in [-0.2, 0) is 0 Å².